The molecule has 0 heterocycles. The highest BCUT2D eigenvalue weighted by molar-refractivity contribution is 7.91. The molecule has 0 bridgehead atoms. The normalized spacial score (nSPS) is 13.2. The fourth-order valence-electron chi connectivity index (χ4n) is 1.83. The van der Waals surface area contributed by atoms with Crippen LogP contribution in [0.3, 0.4) is 0 Å². The smallest absolute Gasteiger partial charge is 0.327 e. The Morgan fingerprint density at radius 2 is 1.95 bits per heavy atom. The van der Waals surface area contributed by atoms with Crippen LogP contribution in [0.5, 0.6) is 0 Å². The van der Waals surface area contributed by atoms with E-state index < -0.39 is 26.4 Å². The number of halogens is 2. The summed E-state index contributed by atoms with van der Waals surface area (Å²) in [6, 6.07) is 4.70. The highest BCUT2D eigenvalue weighted by Crippen LogP contribution is 2.26. The zero-order chi connectivity index (χ0) is 16.0. The van der Waals surface area contributed by atoms with Gasteiger partial charge in [-0.25, -0.2) is 8.42 Å². The van der Waals surface area contributed by atoms with Crippen molar-refractivity contribution < 1.29 is 22.0 Å². The van der Waals surface area contributed by atoms with Gasteiger partial charge in [-0.05, 0) is 18.6 Å². The maximum Gasteiger partial charge on any atom is 0.341 e. The Kier molecular flexibility index (Phi) is 6.22. The highest BCUT2D eigenvalue weighted by Gasteiger charge is 2.29. The Balaban J connectivity index is 2.93. The molecule has 1 rings (SSSR count). The number of para-hydroxylation sites is 1. The van der Waals surface area contributed by atoms with Crippen molar-refractivity contribution in [2.45, 2.75) is 42.9 Å². The van der Waals surface area contributed by atoms with Gasteiger partial charge in [-0.3, -0.25) is 4.79 Å². The number of nitrogens with two attached hydrogens (primary N) is 1. The molecule has 1 unspecified atom stereocenters. The summed E-state index contributed by atoms with van der Waals surface area (Å²) in [5.74, 6) is -4.05. The number of carbonyl (C=O) groups is 1. The molecule has 0 saturated carbocycles. The number of amides is 1. The van der Waals surface area contributed by atoms with Crippen LogP contribution in [0.4, 0.5) is 14.5 Å². The number of sulfone groups is 1. The van der Waals surface area contributed by atoms with Crippen LogP contribution in [0.15, 0.2) is 29.2 Å². The highest BCUT2D eigenvalue weighted by atomic mass is 32.2. The molecule has 3 N–H and O–H groups in total. The first-order chi connectivity index (χ1) is 9.78. The van der Waals surface area contributed by atoms with Gasteiger partial charge in [0.05, 0.1) is 10.6 Å². The van der Waals surface area contributed by atoms with E-state index in [-0.39, 0.29) is 18.2 Å². The lowest BCUT2D eigenvalue weighted by atomic mass is 10.1. The van der Waals surface area contributed by atoms with Crippen LogP contribution in [-0.2, 0) is 14.6 Å². The first-order valence-electron chi connectivity index (χ1n) is 6.45. The van der Waals surface area contributed by atoms with E-state index in [9.17, 15) is 22.0 Å². The van der Waals surface area contributed by atoms with Gasteiger partial charge in [0.2, 0.25) is 15.7 Å². The van der Waals surface area contributed by atoms with Crippen LogP contribution >= 0.6 is 0 Å². The Labute approximate surface area is 122 Å². The molecule has 0 saturated heterocycles. The average molecular weight is 320 g/mol. The molecule has 0 aliphatic carbocycles. The van der Waals surface area contributed by atoms with E-state index in [0.29, 0.717) is 6.42 Å². The minimum absolute atomic E-state index is 0.00307. The van der Waals surface area contributed by atoms with E-state index in [0.717, 1.165) is 12.5 Å². The summed E-state index contributed by atoms with van der Waals surface area (Å²) in [6.45, 7) is 1.92. The summed E-state index contributed by atoms with van der Waals surface area (Å²) >= 11 is 0. The molecule has 1 aromatic carbocycles. The van der Waals surface area contributed by atoms with E-state index in [1.54, 1.807) is 0 Å². The molecule has 1 amide bonds. The lowest BCUT2D eigenvalue weighted by molar-refractivity contribution is -0.116. The lowest BCUT2D eigenvalue weighted by Crippen LogP contribution is -2.27. The second kappa shape index (κ2) is 7.46. The van der Waals surface area contributed by atoms with Crippen molar-refractivity contribution in [3.63, 3.8) is 0 Å². The Bertz CT molecular complexity index is 591. The van der Waals surface area contributed by atoms with Crippen molar-refractivity contribution in [3.05, 3.63) is 24.3 Å². The van der Waals surface area contributed by atoms with Crippen LogP contribution in [0.1, 0.15) is 26.2 Å². The number of benzene rings is 1. The van der Waals surface area contributed by atoms with Crippen LogP contribution in [0, 0.1) is 0 Å². The fraction of sp³-hybridized carbons (Fsp3) is 0.462. The van der Waals surface area contributed by atoms with Gasteiger partial charge in [0.25, 0.3) is 0 Å². The largest absolute Gasteiger partial charge is 0.341 e. The number of carbonyl (C=O) groups excluding carboxylic acids is 1. The average Bonchev–Trinajstić information content (AvgIpc) is 2.38. The van der Waals surface area contributed by atoms with Crippen molar-refractivity contribution in [1.82, 2.24) is 0 Å². The summed E-state index contributed by atoms with van der Waals surface area (Å²) in [6.07, 6.45) is 1.45. The molecule has 5 nitrogen and oxygen atoms in total. The Hall–Kier alpha value is -1.54. The Morgan fingerprint density at radius 1 is 1.33 bits per heavy atom. The number of rotatable bonds is 7. The molecule has 0 spiro atoms. The first kappa shape index (κ1) is 17.5. The second-order valence-corrected chi connectivity index (χ2v) is 6.49. The number of alkyl halides is 2. The van der Waals surface area contributed by atoms with Gasteiger partial charge in [-0.1, -0.05) is 25.5 Å². The quantitative estimate of drug-likeness (QED) is 0.805. The van der Waals surface area contributed by atoms with E-state index >= 15 is 0 Å². The monoisotopic (exact) mass is 320 g/mol. The van der Waals surface area contributed by atoms with E-state index in [2.05, 4.69) is 5.32 Å². The second-order valence-electron chi connectivity index (χ2n) is 4.60. The maximum absolute atomic E-state index is 12.6. The lowest BCUT2D eigenvalue weighted by Gasteiger charge is -2.13. The van der Waals surface area contributed by atoms with Crippen LogP contribution in [0.2, 0.25) is 0 Å². The summed E-state index contributed by atoms with van der Waals surface area (Å²) < 4.78 is 48.3. The molecule has 118 valence electrons. The molecule has 21 heavy (non-hydrogen) atoms. The van der Waals surface area contributed by atoms with E-state index in [1.807, 2.05) is 6.92 Å². The molecule has 0 aliphatic rings. The van der Waals surface area contributed by atoms with Crippen LogP contribution in [0.25, 0.3) is 0 Å². The number of anilines is 1. The Morgan fingerprint density at radius 3 is 2.52 bits per heavy atom. The van der Waals surface area contributed by atoms with Gasteiger partial charge in [-0.15, -0.1) is 0 Å². The minimum Gasteiger partial charge on any atom is -0.327 e. The third kappa shape index (κ3) is 4.75. The van der Waals surface area contributed by atoms with Crippen LogP contribution < -0.4 is 11.1 Å². The number of hydrogen-bond donors (Lipinski definition) is 2. The topological polar surface area (TPSA) is 89.3 Å². The predicted octanol–water partition coefficient (Wildman–Crippen LogP) is 2.14. The molecule has 1 aromatic rings. The molecule has 1 atom stereocenters. The molecule has 0 aliphatic heterocycles. The summed E-state index contributed by atoms with van der Waals surface area (Å²) in [7, 11) is -4.77. The van der Waals surface area contributed by atoms with E-state index in [1.165, 1.54) is 18.2 Å². The van der Waals surface area contributed by atoms with Crippen molar-refractivity contribution in [2.75, 3.05) is 5.32 Å². The molecule has 8 heteroatoms. The van der Waals surface area contributed by atoms with Gasteiger partial charge < -0.3 is 11.1 Å². The molecule has 0 aromatic heterocycles. The van der Waals surface area contributed by atoms with Crippen molar-refractivity contribution in [3.8, 4) is 0 Å². The van der Waals surface area contributed by atoms with E-state index in [4.69, 9.17) is 5.73 Å². The summed E-state index contributed by atoms with van der Waals surface area (Å²) in [4.78, 5) is 11.2. The van der Waals surface area contributed by atoms with Gasteiger partial charge in [0, 0.05) is 12.5 Å². The third-order valence-electron chi connectivity index (χ3n) is 2.81. The summed E-state index contributed by atoms with van der Waals surface area (Å²) in [5.41, 5.74) is 5.55. The van der Waals surface area contributed by atoms with Gasteiger partial charge in [0.15, 0.2) is 0 Å². The number of hydrogen-bond acceptors (Lipinski definition) is 4. The zero-order valence-corrected chi connectivity index (χ0v) is 12.4. The fourth-order valence-corrected chi connectivity index (χ4v) is 2.71. The van der Waals surface area contributed by atoms with Crippen molar-refractivity contribution >= 4 is 21.4 Å². The van der Waals surface area contributed by atoms with Crippen molar-refractivity contribution in [1.29, 1.82) is 0 Å². The first-order valence-corrected chi connectivity index (χ1v) is 8.00. The number of nitrogens with one attached hydrogen (secondary N) is 1. The summed E-state index contributed by atoms with van der Waals surface area (Å²) in [5, 5.41) is 2.33. The molecular formula is C13H18F2N2O3S. The SMILES string of the molecule is CCCC(N)CC(=O)Nc1ccccc1S(=O)(=O)C(F)F. The molecule has 0 radical (unpaired) electrons. The van der Waals surface area contributed by atoms with Gasteiger partial charge in [0.1, 0.15) is 0 Å². The minimum atomic E-state index is -4.77. The molecule has 0 fully saturated rings. The third-order valence-corrected chi connectivity index (χ3v) is 4.25. The predicted molar refractivity (Wildman–Crippen MR) is 75.8 cm³/mol. The van der Waals surface area contributed by atoms with Gasteiger partial charge in [-0.2, -0.15) is 8.78 Å². The zero-order valence-electron chi connectivity index (χ0n) is 11.6. The van der Waals surface area contributed by atoms with Crippen molar-refractivity contribution in [2.24, 2.45) is 5.73 Å². The van der Waals surface area contributed by atoms with Crippen LogP contribution in [-0.4, -0.2) is 26.1 Å². The maximum atomic E-state index is 12.6. The van der Waals surface area contributed by atoms with Gasteiger partial charge >= 0.3 is 5.76 Å². The standard InChI is InChI=1S/C13H18F2N2O3S/c1-2-5-9(16)8-12(18)17-10-6-3-4-7-11(10)21(19,20)13(14)15/h3-4,6-7,9,13H,2,5,8,16H2,1H3,(H,17,18). The molecular weight excluding hydrogens is 302 g/mol.